The molecular weight excluding hydrogens is 162 g/mol. The van der Waals surface area contributed by atoms with Gasteiger partial charge in [0.1, 0.15) is 0 Å². The summed E-state index contributed by atoms with van der Waals surface area (Å²) in [5.74, 6) is -0.184. The van der Waals surface area contributed by atoms with Crippen LogP contribution in [0.15, 0.2) is 23.2 Å². The standard InChI is InChI=1S/C8H4ClNO/c9-6-1-2-7-5(3-6)4-10-8(7)11/h1-4H. The number of amides is 1. The second kappa shape index (κ2) is 2.17. The molecule has 0 saturated heterocycles. The van der Waals surface area contributed by atoms with E-state index in [9.17, 15) is 4.79 Å². The molecule has 3 heteroatoms. The number of hydrogen-bond donors (Lipinski definition) is 0. The van der Waals surface area contributed by atoms with Gasteiger partial charge in [-0.1, -0.05) is 11.6 Å². The van der Waals surface area contributed by atoms with Gasteiger partial charge in [-0.3, -0.25) is 4.79 Å². The fourth-order valence-corrected chi connectivity index (χ4v) is 1.21. The van der Waals surface area contributed by atoms with Crippen LogP contribution in [0.2, 0.25) is 5.02 Å². The second-order valence-electron chi connectivity index (χ2n) is 2.29. The van der Waals surface area contributed by atoms with Crippen LogP contribution in [0, 0.1) is 0 Å². The molecular formula is C8H4ClNO. The van der Waals surface area contributed by atoms with Crippen LogP contribution >= 0.6 is 11.6 Å². The van der Waals surface area contributed by atoms with Gasteiger partial charge in [0.05, 0.1) is 5.56 Å². The van der Waals surface area contributed by atoms with Crippen LogP contribution in [-0.2, 0) is 0 Å². The lowest BCUT2D eigenvalue weighted by molar-refractivity contribution is 0.101. The van der Waals surface area contributed by atoms with Crippen molar-refractivity contribution < 1.29 is 4.79 Å². The fraction of sp³-hybridized carbons (Fsp3) is 0. The minimum absolute atomic E-state index is 0.184. The van der Waals surface area contributed by atoms with E-state index in [0.717, 1.165) is 5.56 Å². The molecule has 11 heavy (non-hydrogen) atoms. The topological polar surface area (TPSA) is 29.4 Å². The van der Waals surface area contributed by atoms with E-state index in [1.54, 1.807) is 18.2 Å². The summed E-state index contributed by atoms with van der Waals surface area (Å²) in [7, 11) is 0. The highest BCUT2D eigenvalue weighted by atomic mass is 35.5. The number of aliphatic imine (C=N–C) groups is 1. The average Bonchev–Trinajstić information content (AvgIpc) is 2.32. The number of fused-ring (bicyclic) bond motifs is 1. The van der Waals surface area contributed by atoms with Crippen LogP contribution < -0.4 is 0 Å². The molecule has 0 N–H and O–H groups in total. The molecule has 0 bridgehead atoms. The molecule has 54 valence electrons. The van der Waals surface area contributed by atoms with E-state index >= 15 is 0 Å². The van der Waals surface area contributed by atoms with Crippen molar-refractivity contribution in [3.05, 3.63) is 34.3 Å². The predicted octanol–water partition coefficient (Wildman–Crippen LogP) is 1.91. The number of halogens is 1. The Morgan fingerprint density at radius 2 is 2.18 bits per heavy atom. The molecule has 1 aliphatic rings. The van der Waals surface area contributed by atoms with Crippen molar-refractivity contribution in [3.8, 4) is 0 Å². The third-order valence-corrected chi connectivity index (χ3v) is 1.80. The first-order valence-corrected chi connectivity index (χ1v) is 3.53. The largest absolute Gasteiger partial charge is 0.277 e. The molecule has 0 saturated carbocycles. The molecule has 2 rings (SSSR count). The van der Waals surface area contributed by atoms with Gasteiger partial charge in [0, 0.05) is 16.8 Å². The van der Waals surface area contributed by atoms with Crippen LogP contribution in [0.5, 0.6) is 0 Å². The van der Waals surface area contributed by atoms with E-state index in [-0.39, 0.29) is 5.91 Å². The quantitative estimate of drug-likeness (QED) is 0.578. The molecule has 0 atom stereocenters. The Hall–Kier alpha value is -1.15. The van der Waals surface area contributed by atoms with Crippen LogP contribution in [0.3, 0.4) is 0 Å². The SMILES string of the molecule is O=C1N=Cc2cc(Cl)ccc21. The third-order valence-electron chi connectivity index (χ3n) is 1.56. The van der Waals surface area contributed by atoms with Gasteiger partial charge in [-0.05, 0) is 18.2 Å². The minimum atomic E-state index is -0.184. The zero-order chi connectivity index (χ0) is 7.84. The summed E-state index contributed by atoms with van der Waals surface area (Å²) in [6.07, 6.45) is 1.53. The Balaban J connectivity index is 2.66. The Kier molecular flexibility index (Phi) is 1.29. The second-order valence-corrected chi connectivity index (χ2v) is 2.73. The third kappa shape index (κ3) is 0.955. The van der Waals surface area contributed by atoms with Crippen molar-refractivity contribution in [3.63, 3.8) is 0 Å². The van der Waals surface area contributed by atoms with Gasteiger partial charge in [-0.25, -0.2) is 4.99 Å². The first kappa shape index (κ1) is 6.55. The smallest absolute Gasteiger partial charge is 0.267 e. The predicted molar refractivity (Wildman–Crippen MR) is 43.4 cm³/mol. The molecule has 2 nitrogen and oxygen atoms in total. The van der Waals surface area contributed by atoms with E-state index in [1.165, 1.54) is 6.21 Å². The first-order valence-electron chi connectivity index (χ1n) is 3.15. The number of hydrogen-bond acceptors (Lipinski definition) is 1. The van der Waals surface area contributed by atoms with Gasteiger partial charge < -0.3 is 0 Å². The van der Waals surface area contributed by atoms with Gasteiger partial charge in [-0.2, -0.15) is 0 Å². The normalized spacial score (nSPS) is 13.7. The van der Waals surface area contributed by atoms with Crippen LogP contribution in [-0.4, -0.2) is 12.1 Å². The van der Waals surface area contributed by atoms with Gasteiger partial charge in [0.15, 0.2) is 0 Å². The summed E-state index contributed by atoms with van der Waals surface area (Å²) < 4.78 is 0. The van der Waals surface area contributed by atoms with Gasteiger partial charge in [0.2, 0.25) is 0 Å². The van der Waals surface area contributed by atoms with Gasteiger partial charge >= 0.3 is 0 Å². The Bertz CT molecular complexity index is 357. The van der Waals surface area contributed by atoms with Crippen LogP contribution in [0.1, 0.15) is 15.9 Å². The lowest BCUT2D eigenvalue weighted by atomic mass is 10.1. The van der Waals surface area contributed by atoms with E-state index in [1.807, 2.05) is 0 Å². The summed E-state index contributed by atoms with van der Waals surface area (Å²) in [6.45, 7) is 0. The molecule has 0 spiro atoms. The molecule has 1 aromatic carbocycles. The summed E-state index contributed by atoms with van der Waals surface area (Å²) in [6, 6.07) is 5.10. The Morgan fingerprint density at radius 3 is 3.00 bits per heavy atom. The molecule has 0 aromatic heterocycles. The van der Waals surface area contributed by atoms with Gasteiger partial charge in [-0.15, -0.1) is 0 Å². The zero-order valence-electron chi connectivity index (χ0n) is 5.54. The molecule has 1 aliphatic heterocycles. The molecule has 1 heterocycles. The highest BCUT2D eigenvalue weighted by Crippen LogP contribution is 2.18. The maximum Gasteiger partial charge on any atom is 0.277 e. The van der Waals surface area contributed by atoms with Crippen molar-refractivity contribution in [1.82, 2.24) is 0 Å². The summed E-state index contributed by atoms with van der Waals surface area (Å²) in [5.41, 5.74) is 1.44. The Labute approximate surface area is 68.5 Å². The maximum atomic E-state index is 10.9. The van der Waals surface area contributed by atoms with E-state index in [2.05, 4.69) is 4.99 Å². The van der Waals surface area contributed by atoms with Crippen molar-refractivity contribution >= 4 is 23.7 Å². The Morgan fingerprint density at radius 1 is 1.36 bits per heavy atom. The van der Waals surface area contributed by atoms with E-state index < -0.39 is 0 Å². The lowest BCUT2D eigenvalue weighted by Gasteiger charge is -1.93. The number of carbonyl (C=O) groups is 1. The fourth-order valence-electron chi connectivity index (χ4n) is 1.03. The number of nitrogens with zero attached hydrogens (tertiary/aromatic N) is 1. The maximum absolute atomic E-state index is 10.9. The van der Waals surface area contributed by atoms with E-state index in [4.69, 9.17) is 11.6 Å². The van der Waals surface area contributed by atoms with E-state index in [0.29, 0.717) is 10.6 Å². The number of rotatable bonds is 0. The molecule has 0 fully saturated rings. The highest BCUT2D eigenvalue weighted by Gasteiger charge is 2.14. The molecule has 0 aliphatic carbocycles. The van der Waals surface area contributed by atoms with Gasteiger partial charge in [0.25, 0.3) is 5.91 Å². The summed E-state index contributed by atoms with van der Waals surface area (Å²) >= 11 is 5.70. The van der Waals surface area contributed by atoms with Crippen molar-refractivity contribution in [1.29, 1.82) is 0 Å². The molecule has 0 radical (unpaired) electrons. The highest BCUT2D eigenvalue weighted by molar-refractivity contribution is 6.31. The average molecular weight is 166 g/mol. The van der Waals surface area contributed by atoms with Crippen LogP contribution in [0.4, 0.5) is 0 Å². The minimum Gasteiger partial charge on any atom is -0.267 e. The number of carbonyl (C=O) groups excluding carboxylic acids is 1. The molecule has 1 aromatic rings. The zero-order valence-corrected chi connectivity index (χ0v) is 6.30. The first-order chi connectivity index (χ1) is 5.27. The summed E-state index contributed by atoms with van der Waals surface area (Å²) in [4.78, 5) is 14.6. The lowest BCUT2D eigenvalue weighted by Crippen LogP contribution is -1.90. The van der Waals surface area contributed by atoms with Crippen molar-refractivity contribution in [2.24, 2.45) is 4.99 Å². The van der Waals surface area contributed by atoms with Crippen molar-refractivity contribution in [2.45, 2.75) is 0 Å². The molecule has 0 unspecified atom stereocenters. The summed E-state index contributed by atoms with van der Waals surface area (Å²) in [5, 5.41) is 0.630. The number of benzene rings is 1. The van der Waals surface area contributed by atoms with Crippen molar-refractivity contribution in [2.75, 3.05) is 0 Å². The monoisotopic (exact) mass is 165 g/mol. The van der Waals surface area contributed by atoms with Crippen LogP contribution in [0.25, 0.3) is 0 Å². The molecule has 1 amide bonds.